The SMILES string of the molecule is Nc1cccnc1C(=O)N1CCS(=O)(=O)CC1. The molecule has 2 rings (SSSR count). The number of carbonyl (C=O) groups is 1. The highest BCUT2D eigenvalue weighted by Crippen LogP contribution is 2.13. The third kappa shape index (κ3) is 2.55. The fourth-order valence-electron chi connectivity index (χ4n) is 1.66. The Morgan fingerprint density at radius 3 is 2.59 bits per heavy atom. The number of hydrogen-bond donors (Lipinski definition) is 1. The van der Waals surface area contributed by atoms with E-state index in [9.17, 15) is 13.2 Å². The Balaban J connectivity index is 2.15. The highest BCUT2D eigenvalue weighted by molar-refractivity contribution is 7.91. The monoisotopic (exact) mass is 255 g/mol. The lowest BCUT2D eigenvalue weighted by atomic mass is 10.2. The second kappa shape index (κ2) is 4.33. The quantitative estimate of drug-likeness (QED) is 0.732. The molecule has 2 N–H and O–H groups in total. The van der Waals surface area contributed by atoms with Crippen LogP contribution in [0, 0.1) is 0 Å². The van der Waals surface area contributed by atoms with Gasteiger partial charge in [0.05, 0.1) is 17.2 Å². The molecule has 1 saturated heterocycles. The van der Waals surface area contributed by atoms with E-state index in [4.69, 9.17) is 5.73 Å². The topological polar surface area (TPSA) is 93.4 Å². The van der Waals surface area contributed by atoms with Crippen molar-refractivity contribution in [3.8, 4) is 0 Å². The molecule has 0 unspecified atom stereocenters. The third-order valence-corrected chi connectivity index (χ3v) is 4.28. The van der Waals surface area contributed by atoms with Crippen LogP contribution in [0.5, 0.6) is 0 Å². The van der Waals surface area contributed by atoms with Gasteiger partial charge in [0, 0.05) is 19.3 Å². The summed E-state index contributed by atoms with van der Waals surface area (Å²) in [6, 6.07) is 3.24. The van der Waals surface area contributed by atoms with Gasteiger partial charge in [-0.2, -0.15) is 0 Å². The third-order valence-electron chi connectivity index (χ3n) is 2.67. The fraction of sp³-hybridized carbons (Fsp3) is 0.400. The van der Waals surface area contributed by atoms with Crippen LogP contribution < -0.4 is 5.73 Å². The summed E-state index contributed by atoms with van der Waals surface area (Å²) in [6.07, 6.45) is 1.49. The van der Waals surface area contributed by atoms with Crippen molar-refractivity contribution in [1.82, 2.24) is 9.88 Å². The van der Waals surface area contributed by atoms with E-state index in [1.54, 1.807) is 12.1 Å². The lowest BCUT2D eigenvalue weighted by Crippen LogP contribution is -2.44. The summed E-state index contributed by atoms with van der Waals surface area (Å²) >= 11 is 0. The lowest BCUT2D eigenvalue weighted by molar-refractivity contribution is 0.0765. The van der Waals surface area contributed by atoms with E-state index in [1.165, 1.54) is 11.1 Å². The van der Waals surface area contributed by atoms with Gasteiger partial charge in [-0.15, -0.1) is 0 Å². The number of nitrogen functional groups attached to an aromatic ring is 1. The van der Waals surface area contributed by atoms with E-state index in [-0.39, 0.29) is 36.2 Å². The Hall–Kier alpha value is -1.63. The second-order valence-corrected chi connectivity index (χ2v) is 6.19. The van der Waals surface area contributed by atoms with Gasteiger partial charge in [-0.05, 0) is 12.1 Å². The van der Waals surface area contributed by atoms with E-state index in [0.29, 0.717) is 5.69 Å². The Kier molecular flexibility index (Phi) is 3.01. The molecule has 1 aliphatic rings. The van der Waals surface area contributed by atoms with Crippen LogP contribution in [0.4, 0.5) is 5.69 Å². The molecule has 0 radical (unpaired) electrons. The molecule has 2 heterocycles. The average Bonchev–Trinajstić information content (AvgIpc) is 2.29. The highest BCUT2D eigenvalue weighted by Gasteiger charge is 2.27. The molecule has 0 saturated carbocycles. The van der Waals surface area contributed by atoms with E-state index in [1.807, 2.05) is 0 Å². The molecule has 92 valence electrons. The first-order valence-corrected chi connectivity index (χ1v) is 7.02. The molecule has 0 aromatic carbocycles. The van der Waals surface area contributed by atoms with Crippen molar-refractivity contribution >= 4 is 21.4 Å². The van der Waals surface area contributed by atoms with Gasteiger partial charge in [-0.25, -0.2) is 13.4 Å². The van der Waals surface area contributed by atoms with E-state index >= 15 is 0 Å². The molecule has 1 amide bonds. The summed E-state index contributed by atoms with van der Waals surface area (Å²) < 4.78 is 22.5. The van der Waals surface area contributed by atoms with Crippen molar-refractivity contribution in [3.05, 3.63) is 24.0 Å². The number of amides is 1. The van der Waals surface area contributed by atoms with Crippen molar-refractivity contribution in [3.63, 3.8) is 0 Å². The second-order valence-electron chi connectivity index (χ2n) is 3.89. The number of pyridine rings is 1. The maximum Gasteiger partial charge on any atom is 0.274 e. The zero-order valence-corrected chi connectivity index (χ0v) is 9.98. The predicted molar refractivity (Wildman–Crippen MR) is 63.2 cm³/mol. The average molecular weight is 255 g/mol. The molecule has 0 spiro atoms. The van der Waals surface area contributed by atoms with Crippen molar-refractivity contribution in [2.45, 2.75) is 0 Å². The molecular formula is C10H13N3O3S. The number of nitrogens with zero attached hydrogens (tertiary/aromatic N) is 2. The maximum atomic E-state index is 12.0. The molecule has 17 heavy (non-hydrogen) atoms. The first kappa shape index (κ1) is 11.8. The summed E-state index contributed by atoms with van der Waals surface area (Å²) in [5.74, 6) is -0.297. The van der Waals surface area contributed by atoms with Crippen LogP contribution in [-0.4, -0.2) is 48.8 Å². The minimum atomic E-state index is -2.99. The van der Waals surface area contributed by atoms with Gasteiger partial charge in [0.1, 0.15) is 0 Å². The zero-order valence-electron chi connectivity index (χ0n) is 9.17. The van der Waals surface area contributed by atoms with Crippen molar-refractivity contribution in [2.24, 2.45) is 0 Å². The molecule has 1 aliphatic heterocycles. The first-order valence-electron chi connectivity index (χ1n) is 5.20. The number of hydrogen-bond acceptors (Lipinski definition) is 5. The van der Waals surface area contributed by atoms with Gasteiger partial charge in [0.25, 0.3) is 5.91 Å². The van der Waals surface area contributed by atoms with Crippen LogP contribution in [0.15, 0.2) is 18.3 Å². The summed E-state index contributed by atoms with van der Waals surface area (Å²) in [4.78, 5) is 17.4. The highest BCUT2D eigenvalue weighted by atomic mass is 32.2. The lowest BCUT2D eigenvalue weighted by Gasteiger charge is -2.26. The number of aromatic nitrogens is 1. The van der Waals surface area contributed by atoms with Crippen LogP contribution in [0.2, 0.25) is 0 Å². The first-order chi connectivity index (χ1) is 7.99. The summed E-state index contributed by atoms with van der Waals surface area (Å²) in [5, 5.41) is 0. The summed E-state index contributed by atoms with van der Waals surface area (Å²) in [5.41, 5.74) is 6.15. The zero-order chi connectivity index (χ0) is 12.5. The Morgan fingerprint density at radius 2 is 2.00 bits per heavy atom. The molecule has 1 aromatic rings. The standard InChI is InChI=1S/C10H13N3O3S/c11-8-2-1-3-12-9(8)10(14)13-4-6-17(15,16)7-5-13/h1-3H,4-7,11H2. The fourth-order valence-corrected chi connectivity index (χ4v) is 2.86. The van der Waals surface area contributed by atoms with Gasteiger partial charge in [-0.3, -0.25) is 4.79 Å². The Labute approximate surface area is 99.4 Å². The molecule has 1 aromatic heterocycles. The van der Waals surface area contributed by atoms with E-state index in [0.717, 1.165) is 0 Å². The van der Waals surface area contributed by atoms with Crippen LogP contribution in [-0.2, 0) is 9.84 Å². The maximum absolute atomic E-state index is 12.0. The van der Waals surface area contributed by atoms with E-state index < -0.39 is 9.84 Å². The largest absolute Gasteiger partial charge is 0.397 e. The smallest absolute Gasteiger partial charge is 0.274 e. The van der Waals surface area contributed by atoms with E-state index in [2.05, 4.69) is 4.98 Å². The van der Waals surface area contributed by atoms with Crippen LogP contribution in [0.3, 0.4) is 0 Å². The number of nitrogens with two attached hydrogens (primary N) is 1. The van der Waals surface area contributed by atoms with Crippen molar-refractivity contribution in [2.75, 3.05) is 30.3 Å². The molecule has 0 atom stereocenters. The molecule has 7 heteroatoms. The van der Waals surface area contributed by atoms with Gasteiger partial charge < -0.3 is 10.6 Å². The summed E-state index contributed by atoms with van der Waals surface area (Å²) in [6.45, 7) is 0.411. The van der Waals surface area contributed by atoms with Gasteiger partial charge in [0.15, 0.2) is 15.5 Å². The number of carbonyl (C=O) groups excluding carboxylic acids is 1. The molecule has 0 aliphatic carbocycles. The van der Waals surface area contributed by atoms with Crippen molar-refractivity contribution in [1.29, 1.82) is 0 Å². The minimum absolute atomic E-state index is 0.00543. The molecular weight excluding hydrogens is 242 g/mol. The number of rotatable bonds is 1. The van der Waals surface area contributed by atoms with Crippen LogP contribution in [0.25, 0.3) is 0 Å². The van der Waals surface area contributed by atoms with Crippen molar-refractivity contribution < 1.29 is 13.2 Å². The number of sulfone groups is 1. The Bertz CT molecular complexity index is 527. The van der Waals surface area contributed by atoms with Gasteiger partial charge >= 0.3 is 0 Å². The van der Waals surface area contributed by atoms with Gasteiger partial charge in [-0.1, -0.05) is 0 Å². The predicted octanol–water partition coefficient (Wildman–Crippen LogP) is -0.466. The minimum Gasteiger partial charge on any atom is -0.397 e. The van der Waals surface area contributed by atoms with Crippen LogP contribution >= 0.6 is 0 Å². The molecule has 0 bridgehead atoms. The number of anilines is 1. The summed E-state index contributed by atoms with van der Waals surface area (Å²) in [7, 11) is -2.99. The normalized spacial score (nSPS) is 18.9. The van der Waals surface area contributed by atoms with Gasteiger partial charge in [0.2, 0.25) is 0 Å². The molecule has 6 nitrogen and oxygen atoms in total. The Morgan fingerprint density at radius 1 is 1.35 bits per heavy atom. The van der Waals surface area contributed by atoms with Crippen LogP contribution in [0.1, 0.15) is 10.5 Å². The molecule has 1 fully saturated rings.